The van der Waals surface area contributed by atoms with E-state index in [4.69, 9.17) is 21.1 Å². The fraction of sp³-hybridized carbons (Fsp3) is 0.407. The maximum absolute atomic E-state index is 13.3. The maximum atomic E-state index is 13.3. The first-order chi connectivity index (χ1) is 16.3. The second-order valence-electron chi connectivity index (χ2n) is 8.96. The molecule has 2 aromatic carbocycles. The van der Waals surface area contributed by atoms with E-state index >= 15 is 0 Å². The van der Waals surface area contributed by atoms with E-state index in [1.54, 1.807) is 23.1 Å². The van der Waals surface area contributed by atoms with Crippen LogP contribution in [0, 0.1) is 0 Å². The highest BCUT2D eigenvalue weighted by atomic mass is 35.5. The molecule has 1 atom stereocenters. The fourth-order valence-corrected chi connectivity index (χ4v) is 5.01. The van der Waals surface area contributed by atoms with Crippen LogP contribution in [0.2, 0.25) is 5.02 Å². The van der Waals surface area contributed by atoms with Crippen molar-refractivity contribution in [1.29, 1.82) is 0 Å². The van der Waals surface area contributed by atoms with Crippen molar-refractivity contribution in [3.8, 4) is 11.5 Å². The summed E-state index contributed by atoms with van der Waals surface area (Å²) < 4.78 is 11.4. The van der Waals surface area contributed by atoms with Crippen LogP contribution in [0.1, 0.15) is 63.6 Å². The third-order valence-electron chi connectivity index (χ3n) is 6.25. The standard InChI is InChI=1S/C27H30ClNO5/c1-4-33-22-15-18(12-13-21(22)28)25(30)23-24(17-8-7-11-20(14-17)34-16(2)3)29(27(32)26(23)31)19-9-5-6-10-19/h7-8,11-16,19,24,30H,4-6,9-10H2,1-3H3/b25-23-. The number of Topliss-reactive ketones (excluding diaryl/α,β-unsaturated/α-hetero) is 1. The molecule has 0 radical (unpaired) electrons. The van der Waals surface area contributed by atoms with E-state index in [2.05, 4.69) is 0 Å². The lowest BCUT2D eigenvalue weighted by atomic mass is 9.94. The van der Waals surface area contributed by atoms with Crippen molar-refractivity contribution < 1.29 is 24.2 Å². The van der Waals surface area contributed by atoms with Crippen molar-refractivity contribution in [3.05, 3.63) is 64.2 Å². The van der Waals surface area contributed by atoms with E-state index in [0.29, 0.717) is 28.7 Å². The van der Waals surface area contributed by atoms with Crippen molar-refractivity contribution >= 4 is 29.1 Å². The zero-order valence-corrected chi connectivity index (χ0v) is 20.5. The highest BCUT2D eigenvalue weighted by Gasteiger charge is 2.49. The Kier molecular flexibility index (Phi) is 7.17. The average molecular weight is 484 g/mol. The van der Waals surface area contributed by atoms with Gasteiger partial charge < -0.3 is 19.5 Å². The molecule has 34 heavy (non-hydrogen) atoms. The molecule has 1 amide bonds. The van der Waals surface area contributed by atoms with Crippen molar-refractivity contribution in [2.24, 2.45) is 0 Å². The summed E-state index contributed by atoms with van der Waals surface area (Å²) in [7, 11) is 0. The van der Waals surface area contributed by atoms with E-state index in [9.17, 15) is 14.7 Å². The van der Waals surface area contributed by atoms with Crippen LogP contribution in [-0.4, -0.2) is 40.4 Å². The number of benzene rings is 2. The first kappa shape index (κ1) is 24.1. The van der Waals surface area contributed by atoms with Crippen molar-refractivity contribution in [2.75, 3.05) is 6.61 Å². The number of hydrogen-bond acceptors (Lipinski definition) is 5. The van der Waals surface area contributed by atoms with Gasteiger partial charge in [0, 0.05) is 11.6 Å². The highest BCUT2D eigenvalue weighted by Crippen LogP contribution is 2.44. The minimum Gasteiger partial charge on any atom is -0.507 e. The van der Waals surface area contributed by atoms with Gasteiger partial charge in [0.1, 0.15) is 17.3 Å². The van der Waals surface area contributed by atoms with Gasteiger partial charge in [0.2, 0.25) is 0 Å². The van der Waals surface area contributed by atoms with Crippen LogP contribution in [0.4, 0.5) is 0 Å². The number of aliphatic hydroxyl groups is 1. The number of ether oxygens (including phenoxy) is 2. The highest BCUT2D eigenvalue weighted by molar-refractivity contribution is 6.46. The predicted molar refractivity (Wildman–Crippen MR) is 131 cm³/mol. The molecule has 1 saturated carbocycles. The Morgan fingerprint density at radius 2 is 1.88 bits per heavy atom. The van der Waals surface area contributed by atoms with Crippen molar-refractivity contribution in [3.63, 3.8) is 0 Å². The summed E-state index contributed by atoms with van der Waals surface area (Å²) in [6.07, 6.45) is 3.66. The number of ketones is 1. The van der Waals surface area contributed by atoms with E-state index in [1.807, 2.05) is 45.0 Å². The second kappa shape index (κ2) is 10.1. The normalized spacial score (nSPS) is 20.4. The van der Waals surface area contributed by atoms with Crippen molar-refractivity contribution in [2.45, 2.75) is 64.6 Å². The van der Waals surface area contributed by atoms with Gasteiger partial charge in [0.15, 0.2) is 0 Å². The summed E-state index contributed by atoms with van der Waals surface area (Å²) >= 11 is 6.22. The monoisotopic (exact) mass is 483 g/mol. The third-order valence-corrected chi connectivity index (χ3v) is 6.56. The molecule has 6 nitrogen and oxygen atoms in total. The Morgan fingerprint density at radius 3 is 2.56 bits per heavy atom. The Morgan fingerprint density at radius 1 is 1.15 bits per heavy atom. The molecule has 7 heteroatoms. The van der Waals surface area contributed by atoms with E-state index in [0.717, 1.165) is 31.2 Å². The van der Waals surface area contributed by atoms with Crippen LogP contribution < -0.4 is 9.47 Å². The molecule has 1 unspecified atom stereocenters. The molecular formula is C27H30ClNO5. The van der Waals surface area contributed by atoms with Crippen molar-refractivity contribution in [1.82, 2.24) is 4.90 Å². The first-order valence-corrected chi connectivity index (χ1v) is 12.2. The molecule has 1 heterocycles. The molecular weight excluding hydrogens is 454 g/mol. The van der Waals surface area contributed by atoms with Gasteiger partial charge in [0.05, 0.1) is 29.3 Å². The lowest BCUT2D eigenvalue weighted by molar-refractivity contribution is -0.141. The van der Waals surface area contributed by atoms with Crippen LogP contribution in [-0.2, 0) is 9.59 Å². The molecule has 180 valence electrons. The molecule has 1 aliphatic carbocycles. The molecule has 2 fully saturated rings. The molecule has 1 aliphatic heterocycles. The third kappa shape index (κ3) is 4.64. The fourth-order valence-electron chi connectivity index (χ4n) is 4.84. The van der Waals surface area contributed by atoms with Gasteiger partial charge in [-0.2, -0.15) is 0 Å². The zero-order valence-electron chi connectivity index (χ0n) is 19.7. The van der Waals surface area contributed by atoms with Crippen LogP contribution in [0.25, 0.3) is 5.76 Å². The average Bonchev–Trinajstić information content (AvgIpc) is 3.41. The number of halogens is 1. The number of rotatable bonds is 7. The Labute approximate surface area is 205 Å². The lowest BCUT2D eigenvalue weighted by Crippen LogP contribution is -2.37. The molecule has 0 aromatic heterocycles. The Bertz CT molecular complexity index is 1120. The zero-order chi connectivity index (χ0) is 24.4. The lowest BCUT2D eigenvalue weighted by Gasteiger charge is -2.31. The van der Waals surface area contributed by atoms with Gasteiger partial charge in [-0.1, -0.05) is 36.6 Å². The molecule has 2 aromatic rings. The summed E-state index contributed by atoms with van der Waals surface area (Å²) in [5.74, 6) is -0.446. The van der Waals surface area contributed by atoms with Gasteiger partial charge in [-0.25, -0.2) is 0 Å². The summed E-state index contributed by atoms with van der Waals surface area (Å²) in [5.41, 5.74) is 1.17. The smallest absolute Gasteiger partial charge is 0.295 e. The van der Waals surface area contributed by atoms with Crippen LogP contribution in [0.15, 0.2) is 48.0 Å². The number of carbonyl (C=O) groups is 2. The summed E-state index contributed by atoms with van der Waals surface area (Å²) in [4.78, 5) is 28.2. The molecule has 1 saturated heterocycles. The topological polar surface area (TPSA) is 76.1 Å². The quantitative estimate of drug-likeness (QED) is 0.302. The molecule has 2 aliphatic rings. The molecule has 1 N–H and O–H groups in total. The minimum atomic E-state index is -0.704. The first-order valence-electron chi connectivity index (χ1n) is 11.8. The van der Waals surface area contributed by atoms with E-state index in [-0.39, 0.29) is 23.5 Å². The number of aliphatic hydroxyl groups excluding tert-OH is 1. The van der Waals surface area contributed by atoms with E-state index < -0.39 is 17.7 Å². The predicted octanol–water partition coefficient (Wildman–Crippen LogP) is 5.89. The molecule has 0 spiro atoms. The largest absolute Gasteiger partial charge is 0.507 e. The van der Waals surface area contributed by atoms with Crippen LogP contribution in [0.3, 0.4) is 0 Å². The van der Waals surface area contributed by atoms with Gasteiger partial charge in [-0.15, -0.1) is 0 Å². The number of hydrogen-bond donors (Lipinski definition) is 1. The van der Waals surface area contributed by atoms with Gasteiger partial charge >= 0.3 is 0 Å². The Hall–Kier alpha value is -2.99. The summed E-state index contributed by atoms with van der Waals surface area (Å²) in [6, 6.07) is 11.5. The second-order valence-corrected chi connectivity index (χ2v) is 9.37. The van der Waals surface area contributed by atoms with Crippen LogP contribution >= 0.6 is 11.6 Å². The number of likely N-dealkylation sites (tertiary alicyclic amines) is 1. The molecule has 4 rings (SSSR count). The maximum Gasteiger partial charge on any atom is 0.295 e. The van der Waals surface area contributed by atoms with Crippen LogP contribution in [0.5, 0.6) is 11.5 Å². The SMILES string of the molecule is CCOc1cc(/C(O)=C2/C(=O)C(=O)N(C3CCCC3)C2c2cccc(OC(C)C)c2)ccc1Cl. The minimum absolute atomic E-state index is 0.0255. The summed E-state index contributed by atoms with van der Waals surface area (Å²) in [5, 5.41) is 11.8. The number of amides is 1. The van der Waals surface area contributed by atoms with Gasteiger partial charge in [-0.3, -0.25) is 9.59 Å². The Balaban J connectivity index is 1.86. The molecule has 0 bridgehead atoms. The summed E-state index contributed by atoms with van der Waals surface area (Å²) in [6.45, 7) is 6.11. The number of nitrogens with zero attached hydrogens (tertiary/aromatic N) is 1. The van der Waals surface area contributed by atoms with Gasteiger partial charge in [0.25, 0.3) is 11.7 Å². The van der Waals surface area contributed by atoms with Gasteiger partial charge in [-0.05, 0) is 69.5 Å². The number of carbonyl (C=O) groups excluding carboxylic acids is 2. The van der Waals surface area contributed by atoms with E-state index in [1.165, 1.54) is 0 Å².